The van der Waals surface area contributed by atoms with Crippen molar-refractivity contribution in [1.82, 2.24) is 10.6 Å². The van der Waals surface area contributed by atoms with E-state index < -0.39 is 17.4 Å². The van der Waals surface area contributed by atoms with Crippen molar-refractivity contribution in [2.75, 3.05) is 0 Å². The fraction of sp³-hybridized carbons (Fsp3) is 0.467. The molecule has 1 spiro atoms. The van der Waals surface area contributed by atoms with Gasteiger partial charge in [-0.1, -0.05) is 13.8 Å². The van der Waals surface area contributed by atoms with E-state index >= 15 is 0 Å². The average Bonchev–Trinajstić information content (AvgIpc) is 2.74. The number of nitrogens with one attached hydrogen (secondary N) is 2. The number of carbonyl (C=O) groups is 2. The summed E-state index contributed by atoms with van der Waals surface area (Å²) < 4.78 is 13.5. The van der Waals surface area contributed by atoms with Crippen molar-refractivity contribution in [3.63, 3.8) is 0 Å². The summed E-state index contributed by atoms with van der Waals surface area (Å²) in [6.45, 7) is 4.15. The van der Waals surface area contributed by atoms with Gasteiger partial charge in [-0.3, -0.25) is 10.1 Å². The smallest absolute Gasteiger partial charge is 0.319 e. The predicted octanol–water partition coefficient (Wildman–Crippen LogP) is 2.92. The van der Waals surface area contributed by atoms with Crippen LogP contribution in [0, 0.1) is 5.82 Å². The number of amides is 3. The molecule has 0 bridgehead atoms. The highest BCUT2D eigenvalue weighted by molar-refractivity contribution is 8.00. The fourth-order valence-corrected chi connectivity index (χ4v) is 4.75. The summed E-state index contributed by atoms with van der Waals surface area (Å²) >= 11 is 1.68. The van der Waals surface area contributed by atoms with Crippen molar-refractivity contribution in [2.45, 2.75) is 48.3 Å². The number of imide groups is 1. The maximum atomic E-state index is 13.7. The second-order valence-corrected chi connectivity index (χ2v) is 7.13. The van der Waals surface area contributed by atoms with Crippen molar-refractivity contribution >= 4 is 23.7 Å². The molecule has 1 fully saturated rings. The lowest BCUT2D eigenvalue weighted by Crippen LogP contribution is -2.51. The molecule has 0 radical (unpaired) electrons. The molecule has 0 saturated carbocycles. The van der Waals surface area contributed by atoms with E-state index in [9.17, 15) is 14.0 Å². The molecule has 2 heterocycles. The summed E-state index contributed by atoms with van der Waals surface area (Å²) in [7, 11) is 0. The highest BCUT2D eigenvalue weighted by Gasteiger charge is 2.56. The van der Waals surface area contributed by atoms with Crippen LogP contribution in [0.25, 0.3) is 0 Å². The van der Waals surface area contributed by atoms with Gasteiger partial charge in [0.15, 0.2) is 0 Å². The van der Waals surface area contributed by atoms with Crippen LogP contribution in [0.15, 0.2) is 23.1 Å². The number of halogens is 1. The van der Waals surface area contributed by atoms with Gasteiger partial charge in [0, 0.05) is 15.2 Å². The Morgan fingerprint density at radius 3 is 2.57 bits per heavy atom. The molecule has 6 heteroatoms. The number of thioether (sulfide) groups is 1. The predicted molar refractivity (Wildman–Crippen MR) is 78.5 cm³/mol. The molecule has 1 atom stereocenters. The molecule has 21 heavy (non-hydrogen) atoms. The zero-order valence-electron chi connectivity index (χ0n) is 12.0. The van der Waals surface area contributed by atoms with E-state index in [1.807, 2.05) is 0 Å². The van der Waals surface area contributed by atoms with Crippen LogP contribution in [0.1, 0.15) is 38.7 Å². The minimum absolute atomic E-state index is 0.139. The van der Waals surface area contributed by atoms with Crippen molar-refractivity contribution < 1.29 is 14.0 Å². The van der Waals surface area contributed by atoms with Crippen LogP contribution in [0.5, 0.6) is 0 Å². The summed E-state index contributed by atoms with van der Waals surface area (Å²) in [6, 6.07) is 3.95. The van der Waals surface area contributed by atoms with Gasteiger partial charge in [0.2, 0.25) is 0 Å². The molecule has 112 valence electrons. The van der Waals surface area contributed by atoms with Crippen LogP contribution < -0.4 is 10.6 Å². The first-order valence-corrected chi connectivity index (χ1v) is 7.89. The molecule has 0 aliphatic carbocycles. The third-order valence-corrected chi connectivity index (χ3v) is 6.28. The topological polar surface area (TPSA) is 58.2 Å². The lowest BCUT2D eigenvalue weighted by Gasteiger charge is -2.44. The Hall–Kier alpha value is -1.56. The third kappa shape index (κ3) is 2.04. The molecule has 3 rings (SSSR count). The highest BCUT2D eigenvalue weighted by atomic mass is 32.2. The van der Waals surface area contributed by atoms with E-state index in [0.717, 1.165) is 17.7 Å². The van der Waals surface area contributed by atoms with E-state index in [2.05, 4.69) is 24.5 Å². The first-order valence-electron chi connectivity index (χ1n) is 7.07. The zero-order chi connectivity index (χ0) is 15.3. The van der Waals surface area contributed by atoms with Crippen molar-refractivity contribution in [3.05, 3.63) is 29.6 Å². The molecule has 3 amide bonds. The largest absolute Gasteiger partial charge is 0.322 e. The van der Waals surface area contributed by atoms with Gasteiger partial charge in [0.25, 0.3) is 5.91 Å². The normalized spacial score (nSPS) is 26.4. The van der Waals surface area contributed by atoms with E-state index in [4.69, 9.17) is 0 Å². The van der Waals surface area contributed by atoms with Gasteiger partial charge in [0.1, 0.15) is 11.4 Å². The Kier molecular flexibility index (Phi) is 3.24. The third-order valence-electron chi connectivity index (χ3n) is 4.55. The minimum Gasteiger partial charge on any atom is -0.319 e. The Bertz CT molecular complexity index is 630. The highest BCUT2D eigenvalue weighted by Crippen LogP contribution is 2.54. The first kappa shape index (κ1) is 14.4. The standard InChI is InChI=1S/C15H17FN2O2S/c1-3-14(4-2)8-15(12(19)17-13(20)18-15)10-7-9(16)5-6-11(10)21-14/h5-7H,3-4,8H2,1-2H3,(H2,17,18,19,20). The van der Waals surface area contributed by atoms with Crippen LogP contribution in [0.4, 0.5) is 9.18 Å². The summed E-state index contributed by atoms with van der Waals surface area (Å²) in [5, 5.41) is 5.05. The van der Waals surface area contributed by atoms with E-state index in [-0.39, 0.29) is 10.7 Å². The second-order valence-electron chi connectivity index (χ2n) is 5.62. The number of fused-ring (bicyclic) bond motifs is 2. The van der Waals surface area contributed by atoms with Crippen molar-refractivity contribution in [3.8, 4) is 0 Å². The number of urea groups is 1. The number of hydrogen-bond acceptors (Lipinski definition) is 3. The number of hydrogen-bond donors (Lipinski definition) is 2. The average molecular weight is 308 g/mol. The van der Waals surface area contributed by atoms with Crippen LogP contribution >= 0.6 is 11.8 Å². The van der Waals surface area contributed by atoms with E-state index in [1.165, 1.54) is 12.1 Å². The van der Waals surface area contributed by atoms with Gasteiger partial charge >= 0.3 is 6.03 Å². The fourth-order valence-electron chi connectivity index (χ4n) is 3.22. The monoisotopic (exact) mass is 308 g/mol. The molecule has 2 N–H and O–H groups in total. The van der Waals surface area contributed by atoms with Gasteiger partial charge in [0.05, 0.1) is 0 Å². The van der Waals surface area contributed by atoms with Gasteiger partial charge in [-0.15, -0.1) is 11.8 Å². The van der Waals surface area contributed by atoms with Crippen molar-refractivity contribution in [2.24, 2.45) is 0 Å². The molecule has 1 saturated heterocycles. The van der Waals surface area contributed by atoms with Crippen LogP contribution in [0.3, 0.4) is 0 Å². The molecular weight excluding hydrogens is 291 g/mol. The second kappa shape index (κ2) is 4.73. The molecule has 4 nitrogen and oxygen atoms in total. The van der Waals surface area contributed by atoms with Gasteiger partial charge in [-0.25, -0.2) is 9.18 Å². The number of carbonyl (C=O) groups excluding carboxylic acids is 2. The summed E-state index contributed by atoms with van der Waals surface area (Å²) in [4.78, 5) is 25.0. The lowest BCUT2D eigenvalue weighted by molar-refractivity contribution is -0.125. The maximum Gasteiger partial charge on any atom is 0.322 e. The summed E-state index contributed by atoms with van der Waals surface area (Å²) in [5.74, 6) is -0.783. The molecule has 2 aliphatic heterocycles. The SMILES string of the molecule is CCC1(CC)CC2(NC(=O)NC2=O)c2cc(F)ccc2S1. The van der Waals surface area contributed by atoms with Crippen molar-refractivity contribution in [1.29, 1.82) is 0 Å². The van der Waals surface area contributed by atoms with Crippen LogP contribution in [-0.4, -0.2) is 16.7 Å². The Labute approximate surface area is 126 Å². The summed E-state index contributed by atoms with van der Waals surface area (Å²) in [5.41, 5.74) is -0.584. The molecule has 1 aromatic carbocycles. The first-order chi connectivity index (χ1) is 9.94. The van der Waals surface area contributed by atoms with Gasteiger partial charge in [-0.05, 0) is 37.5 Å². The zero-order valence-corrected chi connectivity index (χ0v) is 12.8. The molecular formula is C15H17FN2O2S. The Morgan fingerprint density at radius 1 is 1.29 bits per heavy atom. The molecule has 2 aliphatic rings. The number of rotatable bonds is 2. The lowest BCUT2D eigenvalue weighted by atomic mass is 9.78. The Morgan fingerprint density at radius 2 is 2.00 bits per heavy atom. The van der Waals surface area contributed by atoms with E-state index in [0.29, 0.717) is 12.0 Å². The molecule has 1 unspecified atom stereocenters. The summed E-state index contributed by atoms with van der Waals surface area (Å²) in [6.07, 6.45) is 2.22. The van der Waals surface area contributed by atoms with Gasteiger partial charge < -0.3 is 5.32 Å². The van der Waals surface area contributed by atoms with Crippen LogP contribution in [-0.2, 0) is 10.3 Å². The molecule has 1 aromatic rings. The number of benzene rings is 1. The Balaban J connectivity index is 2.21. The quantitative estimate of drug-likeness (QED) is 0.826. The minimum atomic E-state index is -1.15. The maximum absolute atomic E-state index is 13.7. The van der Waals surface area contributed by atoms with Crippen LogP contribution in [0.2, 0.25) is 0 Å². The van der Waals surface area contributed by atoms with Gasteiger partial charge in [-0.2, -0.15) is 0 Å². The molecule has 0 aromatic heterocycles. The van der Waals surface area contributed by atoms with E-state index in [1.54, 1.807) is 17.8 Å².